The molecule has 1 aromatic rings. The first kappa shape index (κ1) is 8.05. The monoisotopic (exact) mass is 179 g/mol. The summed E-state index contributed by atoms with van der Waals surface area (Å²) in [6, 6.07) is 0. The fourth-order valence-corrected chi connectivity index (χ4v) is 1.96. The Kier molecular flexibility index (Phi) is 2.30. The van der Waals surface area contributed by atoms with Gasteiger partial charge in [-0.15, -0.1) is 0 Å². The lowest BCUT2D eigenvalue weighted by atomic mass is 10.3. The summed E-state index contributed by atoms with van der Waals surface area (Å²) in [5, 5.41) is 0.887. The molecule has 0 saturated heterocycles. The molecular weight excluding hydrogens is 168 g/mol. The molecular formula is C9H11N2S. The first-order chi connectivity index (χ1) is 5.90. The third-order valence-electron chi connectivity index (χ3n) is 1.98. The van der Waals surface area contributed by atoms with Crippen LogP contribution in [0.1, 0.15) is 24.6 Å². The summed E-state index contributed by atoms with van der Waals surface area (Å²) in [6.45, 7) is 2.11. The van der Waals surface area contributed by atoms with Gasteiger partial charge in [-0.05, 0) is 25.0 Å². The Bertz CT molecular complexity index is 286. The Morgan fingerprint density at radius 1 is 1.50 bits per heavy atom. The van der Waals surface area contributed by atoms with Gasteiger partial charge in [0.25, 0.3) is 0 Å². The van der Waals surface area contributed by atoms with Crippen molar-refractivity contribution in [3.63, 3.8) is 0 Å². The van der Waals surface area contributed by atoms with Gasteiger partial charge in [-0.25, -0.2) is 9.97 Å². The molecule has 1 heterocycles. The third kappa shape index (κ3) is 1.46. The second-order valence-corrected chi connectivity index (χ2v) is 4.06. The molecule has 1 aliphatic carbocycles. The van der Waals surface area contributed by atoms with Crippen LogP contribution in [0.4, 0.5) is 0 Å². The topological polar surface area (TPSA) is 25.8 Å². The van der Waals surface area contributed by atoms with Crippen LogP contribution in [0.15, 0.2) is 5.16 Å². The molecule has 0 atom stereocenters. The van der Waals surface area contributed by atoms with E-state index in [2.05, 4.69) is 23.1 Å². The van der Waals surface area contributed by atoms with Gasteiger partial charge in [0.2, 0.25) is 0 Å². The lowest BCUT2D eigenvalue weighted by Gasteiger charge is -1.99. The lowest BCUT2D eigenvalue weighted by Crippen LogP contribution is -1.94. The molecule has 3 heteroatoms. The van der Waals surface area contributed by atoms with E-state index in [1.807, 2.05) is 0 Å². The Hall–Kier alpha value is -0.570. The SMILES string of the molecule is CCSc1n[c]c2c(n1)CCC2. The fourth-order valence-electron chi connectivity index (χ4n) is 1.42. The molecule has 0 aliphatic heterocycles. The molecule has 1 aromatic heterocycles. The highest BCUT2D eigenvalue weighted by atomic mass is 32.2. The van der Waals surface area contributed by atoms with Crippen LogP contribution in [0.3, 0.4) is 0 Å². The lowest BCUT2D eigenvalue weighted by molar-refractivity contribution is 0.876. The number of aromatic nitrogens is 2. The molecule has 0 N–H and O–H groups in total. The van der Waals surface area contributed by atoms with Crippen molar-refractivity contribution in [1.29, 1.82) is 0 Å². The number of thioether (sulfide) groups is 1. The van der Waals surface area contributed by atoms with Crippen LogP contribution >= 0.6 is 11.8 Å². The van der Waals surface area contributed by atoms with Gasteiger partial charge in [-0.2, -0.15) is 0 Å². The molecule has 1 aliphatic rings. The van der Waals surface area contributed by atoms with E-state index in [1.54, 1.807) is 11.8 Å². The van der Waals surface area contributed by atoms with E-state index in [-0.39, 0.29) is 0 Å². The number of fused-ring (bicyclic) bond motifs is 1. The molecule has 2 rings (SSSR count). The first-order valence-electron chi connectivity index (χ1n) is 4.30. The number of hydrogen-bond acceptors (Lipinski definition) is 3. The average Bonchev–Trinajstić information content (AvgIpc) is 2.51. The molecule has 63 valence electrons. The predicted molar refractivity (Wildman–Crippen MR) is 49.3 cm³/mol. The summed E-state index contributed by atoms with van der Waals surface area (Å²) in [7, 11) is 0. The van der Waals surface area contributed by atoms with Crippen molar-refractivity contribution in [2.75, 3.05) is 5.75 Å². The van der Waals surface area contributed by atoms with Crippen molar-refractivity contribution in [3.8, 4) is 0 Å². The van der Waals surface area contributed by atoms with Crippen LogP contribution in [-0.4, -0.2) is 15.7 Å². The maximum absolute atomic E-state index is 4.46. The van der Waals surface area contributed by atoms with E-state index in [0.29, 0.717) is 0 Å². The molecule has 12 heavy (non-hydrogen) atoms. The summed E-state index contributed by atoms with van der Waals surface area (Å²) in [5.41, 5.74) is 2.46. The molecule has 0 spiro atoms. The van der Waals surface area contributed by atoms with Gasteiger partial charge in [-0.1, -0.05) is 18.7 Å². The maximum atomic E-state index is 4.46. The zero-order chi connectivity index (χ0) is 8.39. The van der Waals surface area contributed by atoms with Crippen LogP contribution in [0.2, 0.25) is 0 Å². The van der Waals surface area contributed by atoms with E-state index in [9.17, 15) is 0 Å². The van der Waals surface area contributed by atoms with Crippen molar-refractivity contribution in [1.82, 2.24) is 9.97 Å². The molecule has 0 fully saturated rings. The van der Waals surface area contributed by atoms with Crippen LogP contribution < -0.4 is 0 Å². The predicted octanol–water partition coefficient (Wildman–Crippen LogP) is 1.88. The molecule has 0 saturated carbocycles. The smallest absolute Gasteiger partial charge is 0.188 e. The Labute approximate surface area is 76.8 Å². The summed E-state index contributed by atoms with van der Waals surface area (Å²) in [5.74, 6) is 1.03. The molecule has 0 amide bonds. The quantitative estimate of drug-likeness (QED) is 0.512. The zero-order valence-electron chi connectivity index (χ0n) is 7.13. The summed E-state index contributed by atoms with van der Waals surface area (Å²) in [4.78, 5) is 8.63. The van der Waals surface area contributed by atoms with Gasteiger partial charge in [0.05, 0.1) is 6.20 Å². The fraction of sp³-hybridized carbons (Fsp3) is 0.556. The second kappa shape index (κ2) is 3.44. The highest BCUT2D eigenvalue weighted by Gasteiger charge is 2.13. The van der Waals surface area contributed by atoms with Crippen molar-refractivity contribution >= 4 is 11.8 Å². The van der Waals surface area contributed by atoms with Crippen LogP contribution in [-0.2, 0) is 12.8 Å². The number of rotatable bonds is 2. The van der Waals surface area contributed by atoms with Gasteiger partial charge >= 0.3 is 0 Å². The van der Waals surface area contributed by atoms with Gasteiger partial charge in [0, 0.05) is 11.3 Å². The van der Waals surface area contributed by atoms with Crippen LogP contribution in [0, 0.1) is 6.20 Å². The summed E-state index contributed by atoms with van der Waals surface area (Å²) in [6.07, 6.45) is 6.53. The zero-order valence-corrected chi connectivity index (χ0v) is 7.95. The minimum atomic E-state index is 0.887. The number of aryl methyl sites for hydroxylation is 2. The highest BCUT2D eigenvalue weighted by Crippen LogP contribution is 2.21. The largest absolute Gasteiger partial charge is 0.227 e. The highest BCUT2D eigenvalue weighted by molar-refractivity contribution is 7.99. The molecule has 1 radical (unpaired) electrons. The van der Waals surface area contributed by atoms with E-state index >= 15 is 0 Å². The first-order valence-corrected chi connectivity index (χ1v) is 5.29. The van der Waals surface area contributed by atoms with Gasteiger partial charge in [-0.3, -0.25) is 0 Å². The Morgan fingerprint density at radius 2 is 2.42 bits per heavy atom. The second-order valence-electron chi connectivity index (χ2n) is 2.83. The third-order valence-corrected chi connectivity index (χ3v) is 2.71. The summed E-state index contributed by atoms with van der Waals surface area (Å²) >= 11 is 1.69. The van der Waals surface area contributed by atoms with E-state index in [0.717, 1.165) is 23.8 Å². The molecule has 0 bridgehead atoms. The standard InChI is InChI=1S/C9H11N2S/c1-2-12-9-10-6-7-4-3-5-8(7)11-9/h2-5H2,1H3. The minimum Gasteiger partial charge on any atom is -0.227 e. The van der Waals surface area contributed by atoms with Crippen molar-refractivity contribution in [3.05, 3.63) is 17.5 Å². The molecule has 0 unspecified atom stereocenters. The average molecular weight is 179 g/mol. The Morgan fingerprint density at radius 3 is 3.25 bits per heavy atom. The van der Waals surface area contributed by atoms with Gasteiger partial charge in [0.1, 0.15) is 0 Å². The molecule has 0 aromatic carbocycles. The minimum absolute atomic E-state index is 0.887. The number of nitrogens with zero attached hydrogens (tertiary/aromatic N) is 2. The summed E-state index contributed by atoms with van der Waals surface area (Å²) < 4.78 is 0. The van der Waals surface area contributed by atoms with E-state index in [1.165, 1.54) is 17.7 Å². The number of hydrogen-bond donors (Lipinski definition) is 0. The van der Waals surface area contributed by atoms with Crippen molar-refractivity contribution < 1.29 is 0 Å². The Balaban J connectivity index is 2.26. The maximum Gasteiger partial charge on any atom is 0.188 e. The van der Waals surface area contributed by atoms with Crippen LogP contribution in [0.5, 0.6) is 0 Å². The van der Waals surface area contributed by atoms with Crippen LogP contribution in [0.25, 0.3) is 0 Å². The van der Waals surface area contributed by atoms with Crippen molar-refractivity contribution in [2.45, 2.75) is 31.3 Å². The van der Waals surface area contributed by atoms with E-state index < -0.39 is 0 Å². The van der Waals surface area contributed by atoms with Gasteiger partial charge in [0.15, 0.2) is 5.16 Å². The van der Waals surface area contributed by atoms with Crippen molar-refractivity contribution in [2.24, 2.45) is 0 Å². The van der Waals surface area contributed by atoms with E-state index in [4.69, 9.17) is 0 Å². The van der Waals surface area contributed by atoms with Gasteiger partial charge < -0.3 is 0 Å². The molecule has 2 nitrogen and oxygen atoms in total. The normalized spacial score (nSPS) is 14.8.